The van der Waals surface area contributed by atoms with Crippen molar-refractivity contribution in [2.75, 3.05) is 6.54 Å². The fourth-order valence-electron chi connectivity index (χ4n) is 2.75. The number of halogens is 3. The maximum Gasteiger partial charge on any atom is 0.434 e. The minimum atomic E-state index is -4.44. The number of H-pyrrole nitrogens is 1. The smallest absolute Gasteiger partial charge is 0.352 e. The van der Waals surface area contributed by atoms with Gasteiger partial charge in [-0.05, 0) is 18.4 Å². The molecule has 0 spiro atoms. The quantitative estimate of drug-likeness (QED) is 0.899. The maximum absolute atomic E-state index is 12.7. The van der Waals surface area contributed by atoms with Crippen LogP contribution in [0.25, 0.3) is 0 Å². The Morgan fingerprint density at radius 2 is 2.33 bits per heavy atom. The standard InChI is InChI=1S/C15H14F3N5O/c16-15(17,18)12-8-23-7-9(1-2-13(23)22-12)5-21-14(24)10-3-11(4-19)20-6-10/h3,6,8-9,20H,1-2,5,7H2,(H,21,24). The van der Waals surface area contributed by atoms with E-state index in [1.165, 1.54) is 16.8 Å². The zero-order chi connectivity index (χ0) is 17.3. The van der Waals surface area contributed by atoms with Gasteiger partial charge in [0.25, 0.3) is 5.91 Å². The second-order valence-corrected chi connectivity index (χ2v) is 5.72. The molecule has 9 heteroatoms. The molecule has 2 aromatic rings. The van der Waals surface area contributed by atoms with Crippen molar-refractivity contribution in [3.05, 3.63) is 41.2 Å². The summed E-state index contributed by atoms with van der Waals surface area (Å²) in [6, 6.07) is 3.34. The van der Waals surface area contributed by atoms with E-state index in [4.69, 9.17) is 5.26 Å². The number of aryl methyl sites for hydroxylation is 1. The molecule has 0 aromatic carbocycles. The largest absolute Gasteiger partial charge is 0.434 e. The van der Waals surface area contributed by atoms with Crippen molar-refractivity contribution in [1.29, 1.82) is 5.26 Å². The molecule has 0 radical (unpaired) electrons. The first-order valence-electron chi connectivity index (χ1n) is 7.37. The number of hydrogen-bond acceptors (Lipinski definition) is 3. The predicted molar refractivity (Wildman–Crippen MR) is 76.9 cm³/mol. The number of alkyl halides is 3. The summed E-state index contributed by atoms with van der Waals surface area (Å²) in [6.07, 6.45) is -0.877. The van der Waals surface area contributed by atoms with Crippen LogP contribution in [0.3, 0.4) is 0 Å². The second-order valence-electron chi connectivity index (χ2n) is 5.72. The van der Waals surface area contributed by atoms with Gasteiger partial charge in [0.05, 0.1) is 5.56 Å². The van der Waals surface area contributed by atoms with Crippen molar-refractivity contribution >= 4 is 5.91 Å². The van der Waals surface area contributed by atoms with Gasteiger partial charge >= 0.3 is 6.18 Å². The van der Waals surface area contributed by atoms with Gasteiger partial charge in [0.15, 0.2) is 5.69 Å². The summed E-state index contributed by atoms with van der Waals surface area (Å²) in [5.74, 6) is 0.139. The molecule has 1 aliphatic heterocycles. The molecule has 3 rings (SSSR count). The highest BCUT2D eigenvalue weighted by Gasteiger charge is 2.35. The van der Waals surface area contributed by atoms with E-state index < -0.39 is 11.9 Å². The molecular formula is C15H14F3N5O. The molecule has 1 aliphatic rings. The third kappa shape index (κ3) is 3.27. The zero-order valence-electron chi connectivity index (χ0n) is 12.5. The number of hydrogen-bond donors (Lipinski definition) is 2. The molecule has 1 unspecified atom stereocenters. The molecule has 2 aromatic heterocycles. The topological polar surface area (TPSA) is 86.5 Å². The van der Waals surface area contributed by atoms with Crippen LogP contribution in [0.5, 0.6) is 0 Å². The molecule has 6 nitrogen and oxygen atoms in total. The minimum Gasteiger partial charge on any atom is -0.352 e. The van der Waals surface area contributed by atoms with E-state index in [1.807, 2.05) is 6.07 Å². The lowest BCUT2D eigenvalue weighted by molar-refractivity contribution is -0.141. The summed E-state index contributed by atoms with van der Waals surface area (Å²) in [5, 5.41) is 11.5. The van der Waals surface area contributed by atoms with Crippen LogP contribution < -0.4 is 5.32 Å². The lowest BCUT2D eigenvalue weighted by atomic mass is 9.99. The number of carbonyl (C=O) groups excluding carboxylic acids is 1. The van der Waals surface area contributed by atoms with E-state index in [1.54, 1.807) is 0 Å². The lowest BCUT2D eigenvalue weighted by Crippen LogP contribution is -2.33. The fourth-order valence-corrected chi connectivity index (χ4v) is 2.75. The number of aromatic nitrogens is 3. The Kier molecular flexibility index (Phi) is 4.05. The van der Waals surface area contributed by atoms with Gasteiger partial charge in [0, 0.05) is 31.9 Å². The first-order valence-corrected chi connectivity index (χ1v) is 7.37. The van der Waals surface area contributed by atoms with Crippen LogP contribution in [0.4, 0.5) is 13.2 Å². The molecule has 0 saturated carbocycles. The Morgan fingerprint density at radius 1 is 1.54 bits per heavy atom. The molecule has 2 N–H and O–H groups in total. The van der Waals surface area contributed by atoms with Crippen LogP contribution in [0.1, 0.15) is 34.0 Å². The Morgan fingerprint density at radius 3 is 3.00 bits per heavy atom. The first-order chi connectivity index (χ1) is 11.4. The third-order valence-electron chi connectivity index (χ3n) is 4.00. The van der Waals surface area contributed by atoms with E-state index in [-0.39, 0.29) is 11.8 Å². The highest BCUT2D eigenvalue weighted by molar-refractivity contribution is 5.94. The number of fused-ring (bicyclic) bond motifs is 1. The molecular weight excluding hydrogens is 323 g/mol. The fraction of sp³-hybridized carbons (Fsp3) is 0.400. The molecule has 24 heavy (non-hydrogen) atoms. The molecule has 0 bridgehead atoms. The third-order valence-corrected chi connectivity index (χ3v) is 4.00. The first kappa shape index (κ1) is 16.1. The number of aromatic amines is 1. The van der Waals surface area contributed by atoms with Crippen LogP contribution in [0.15, 0.2) is 18.5 Å². The number of carbonyl (C=O) groups is 1. The van der Waals surface area contributed by atoms with Gasteiger partial charge in [-0.1, -0.05) is 0 Å². The van der Waals surface area contributed by atoms with Crippen molar-refractivity contribution in [2.24, 2.45) is 5.92 Å². The zero-order valence-corrected chi connectivity index (χ0v) is 12.5. The van der Waals surface area contributed by atoms with Crippen LogP contribution in [0.2, 0.25) is 0 Å². The second kappa shape index (κ2) is 6.03. The number of nitriles is 1. The lowest BCUT2D eigenvalue weighted by Gasteiger charge is -2.23. The van der Waals surface area contributed by atoms with Crippen molar-refractivity contribution in [3.63, 3.8) is 0 Å². The normalized spacial score (nSPS) is 17.2. The predicted octanol–water partition coefficient (Wildman–Crippen LogP) is 2.09. The van der Waals surface area contributed by atoms with Crippen molar-refractivity contribution in [1.82, 2.24) is 19.9 Å². The summed E-state index contributed by atoms with van der Waals surface area (Å²) in [7, 11) is 0. The Balaban J connectivity index is 1.59. The Bertz CT molecular complexity index is 799. The summed E-state index contributed by atoms with van der Waals surface area (Å²) in [4.78, 5) is 18.3. The van der Waals surface area contributed by atoms with Crippen LogP contribution in [-0.2, 0) is 19.1 Å². The summed E-state index contributed by atoms with van der Waals surface area (Å²) >= 11 is 0. The highest BCUT2D eigenvalue weighted by Crippen LogP contribution is 2.30. The molecule has 0 aliphatic carbocycles. The van der Waals surface area contributed by atoms with E-state index in [9.17, 15) is 18.0 Å². The van der Waals surface area contributed by atoms with Crippen molar-refractivity contribution in [3.8, 4) is 6.07 Å². The molecule has 126 valence electrons. The molecule has 3 heterocycles. The minimum absolute atomic E-state index is 0.0334. The number of amides is 1. The summed E-state index contributed by atoms with van der Waals surface area (Å²) in [5.41, 5.74) is -0.232. The summed E-state index contributed by atoms with van der Waals surface area (Å²) in [6.45, 7) is 0.736. The molecule has 1 atom stereocenters. The average Bonchev–Trinajstić information content (AvgIpc) is 3.18. The van der Waals surface area contributed by atoms with Crippen LogP contribution in [-0.4, -0.2) is 27.0 Å². The van der Waals surface area contributed by atoms with E-state index >= 15 is 0 Å². The summed E-state index contributed by atoms with van der Waals surface area (Å²) < 4.78 is 39.6. The molecule has 0 fully saturated rings. The average molecular weight is 337 g/mol. The van der Waals surface area contributed by atoms with E-state index in [0.29, 0.717) is 43.0 Å². The van der Waals surface area contributed by atoms with E-state index in [2.05, 4.69) is 15.3 Å². The van der Waals surface area contributed by atoms with E-state index in [0.717, 1.165) is 6.20 Å². The van der Waals surface area contributed by atoms with Gasteiger partial charge < -0.3 is 14.9 Å². The Hall–Kier alpha value is -2.76. The van der Waals surface area contributed by atoms with Gasteiger partial charge in [0.1, 0.15) is 17.6 Å². The van der Waals surface area contributed by atoms with Crippen LogP contribution in [0, 0.1) is 17.2 Å². The van der Waals surface area contributed by atoms with Gasteiger partial charge in [0.2, 0.25) is 0 Å². The van der Waals surface area contributed by atoms with Crippen molar-refractivity contribution < 1.29 is 18.0 Å². The Labute approximate surface area is 135 Å². The molecule has 0 saturated heterocycles. The van der Waals surface area contributed by atoms with Gasteiger partial charge in [-0.3, -0.25) is 4.79 Å². The highest BCUT2D eigenvalue weighted by atomic mass is 19.4. The van der Waals surface area contributed by atoms with Crippen LogP contribution >= 0.6 is 0 Å². The van der Waals surface area contributed by atoms with Gasteiger partial charge in [-0.15, -0.1) is 0 Å². The number of imidazole rings is 1. The van der Waals surface area contributed by atoms with Gasteiger partial charge in [-0.25, -0.2) is 4.98 Å². The molecule has 1 amide bonds. The number of nitrogens with one attached hydrogen (secondary N) is 2. The van der Waals surface area contributed by atoms with Gasteiger partial charge in [-0.2, -0.15) is 18.4 Å². The SMILES string of the molecule is N#Cc1cc(C(=O)NCC2CCc3nc(C(F)(F)F)cn3C2)c[nH]1. The monoisotopic (exact) mass is 337 g/mol. The van der Waals surface area contributed by atoms with Crippen molar-refractivity contribution in [2.45, 2.75) is 25.6 Å². The maximum atomic E-state index is 12.7. The number of nitrogens with zero attached hydrogens (tertiary/aromatic N) is 3. The number of rotatable bonds is 3.